The molecule has 0 aromatic rings. The first-order valence-electron chi connectivity index (χ1n) is 5.90. The first-order chi connectivity index (χ1) is 7.12. The van der Waals surface area contributed by atoms with Crippen molar-refractivity contribution in [2.24, 2.45) is 5.92 Å². The Bertz CT molecular complexity index is 248. The van der Waals surface area contributed by atoms with Gasteiger partial charge in [0.2, 0.25) is 0 Å². The molecule has 0 unspecified atom stereocenters. The molecule has 1 N–H and O–H groups in total. The lowest BCUT2D eigenvalue weighted by Gasteiger charge is -2.36. The van der Waals surface area contributed by atoms with Crippen LogP contribution >= 0.6 is 0 Å². The molecule has 0 saturated heterocycles. The number of hydrogen-bond donors (Lipinski definition) is 1. The summed E-state index contributed by atoms with van der Waals surface area (Å²) in [6.07, 6.45) is 5.43. The standard InChI is InChI=1S/C13H26O2Si/c1-8-11(2)12(14)9-10-15-16(6,7)13(3,4)5/h1,11-12,14H,9-10H2,2-7H3/t11-,12+/m1/s1. The summed E-state index contributed by atoms with van der Waals surface area (Å²) in [6.45, 7) is 13.5. The average Bonchev–Trinajstić information content (AvgIpc) is 2.14. The molecule has 0 aromatic heterocycles. The van der Waals surface area contributed by atoms with E-state index in [1.165, 1.54) is 0 Å². The van der Waals surface area contributed by atoms with Gasteiger partial charge in [0.05, 0.1) is 6.10 Å². The van der Waals surface area contributed by atoms with Crippen LogP contribution in [0, 0.1) is 18.3 Å². The Hall–Kier alpha value is -0.303. The van der Waals surface area contributed by atoms with Crippen LogP contribution in [0.5, 0.6) is 0 Å². The van der Waals surface area contributed by atoms with Crippen molar-refractivity contribution in [3.05, 3.63) is 0 Å². The molecule has 94 valence electrons. The Balaban J connectivity index is 4.05. The van der Waals surface area contributed by atoms with Crippen molar-refractivity contribution in [1.29, 1.82) is 0 Å². The summed E-state index contributed by atoms with van der Waals surface area (Å²) in [5.41, 5.74) is 0. The first-order valence-corrected chi connectivity index (χ1v) is 8.81. The third-order valence-corrected chi connectivity index (χ3v) is 8.06. The van der Waals surface area contributed by atoms with E-state index in [1.807, 2.05) is 6.92 Å². The van der Waals surface area contributed by atoms with Crippen LogP contribution in [0.3, 0.4) is 0 Å². The Morgan fingerprint density at radius 2 is 1.88 bits per heavy atom. The summed E-state index contributed by atoms with van der Waals surface area (Å²) in [7, 11) is -1.68. The van der Waals surface area contributed by atoms with E-state index in [1.54, 1.807) is 0 Å². The lowest BCUT2D eigenvalue weighted by Crippen LogP contribution is -2.41. The summed E-state index contributed by atoms with van der Waals surface area (Å²) < 4.78 is 5.97. The molecule has 0 aromatic carbocycles. The molecule has 0 spiro atoms. The molecule has 0 aliphatic heterocycles. The fourth-order valence-corrected chi connectivity index (χ4v) is 2.07. The minimum absolute atomic E-state index is 0.0944. The van der Waals surface area contributed by atoms with Crippen molar-refractivity contribution in [1.82, 2.24) is 0 Å². The second-order valence-electron chi connectivity index (χ2n) is 5.92. The van der Waals surface area contributed by atoms with E-state index in [0.29, 0.717) is 13.0 Å². The molecule has 0 radical (unpaired) electrons. The predicted octanol–water partition coefficient (Wildman–Crippen LogP) is 3.03. The molecule has 0 aliphatic carbocycles. The normalized spacial score (nSPS) is 16.6. The van der Waals surface area contributed by atoms with E-state index in [-0.39, 0.29) is 11.0 Å². The summed E-state index contributed by atoms with van der Waals surface area (Å²) in [6, 6.07) is 0. The van der Waals surface area contributed by atoms with Crippen LogP contribution in [-0.2, 0) is 4.43 Å². The molecule has 0 saturated carbocycles. The minimum atomic E-state index is -1.68. The molecule has 3 heteroatoms. The van der Waals surface area contributed by atoms with E-state index in [4.69, 9.17) is 10.8 Å². The highest BCUT2D eigenvalue weighted by Gasteiger charge is 2.37. The quantitative estimate of drug-likeness (QED) is 0.593. The highest BCUT2D eigenvalue weighted by Crippen LogP contribution is 2.36. The van der Waals surface area contributed by atoms with Gasteiger partial charge in [0.1, 0.15) is 0 Å². The van der Waals surface area contributed by atoms with Crippen molar-refractivity contribution in [2.75, 3.05) is 6.61 Å². The maximum Gasteiger partial charge on any atom is 0.191 e. The molecule has 0 heterocycles. The van der Waals surface area contributed by atoms with Gasteiger partial charge in [-0.05, 0) is 31.5 Å². The molecule has 0 amide bonds. The van der Waals surface area contributed by atoms with Crippen LogP contribution < -0.4 is 0 Å². The Morgan fingerprint density at radius 3 is 2.25 bits per heavy atom. The topological polar surface area (TPSA) is 29.5 Å². The molecule has 0 rings (SSSR count). The highest BCUT2D eigenvalue weighted by atomic mass is 28.4. The molecular weight excluding hydrogens is 216 g/mol. The summed E-state index contributed by atoms with van der Waals surface area (Å²) in [4.78, 5) is 0. The lowest BCUT2D eigenvalue weighted by atomic mass is 10.0. The van der Waals surface area contributed by atoms with E-state index in [2.05, 4.69) is 39.8 Å². The zero-order chi connectivity index (χ0) is 13.0. The van der Waals surface area contributed by atoms with E-state index < -0.39 is 14.4 Å². The lowest BCUT2D eigenvalue weighted by molar-refractivity contribution is 0.108. The molecule has 2 atom stereocenters. The molecular formula is C13H26O2Si. The van der Waals surface area contributed by atoms with Crippen molar-refractivity contribution in [3.8, 4) is 12.3 Å². The largest absolute Gasteiger partial charge is 0.417 e. The second kappa shape index (κ2) is 5.86. The molecule has 0 bridgehead atoms. The Labute approximate surface area is 102 Å². The zero-order valence-corrected chi connectivity index (χ0v) is 12.5. The van der Waals surface area contributed by atoms with E-state index in [9.17, 15) is 5.11 Å². The van der Waals surface area contributed by atoms with Crippen LogP contribution in [-0.4, -0.2) is 26.1 Å². The number of rotatable bonds is 5. The summed E-state index contributed by atoms with van der Waals surface area (Å²) in [5.74, 6) is 2.45. The van der Waals surface area contributed by atoms with Gasteiger partial charge in [-0.2, -0.15) is 0 Å². The fourth-order valence-electron chi connectivity index (χ4n) is 1.01. The van der Waals surface area contributed by atoms with Gasteiger partial charge in [-0.25, -0.2) is 0 Å². The minimum Gasteiger partial charge on any atom is -0.417 e. The van der Waals surface area contributed by atoms with Crippen molar-refractivity contribution < 1.29 is 9.53 Å². The monoisotopic (exact) mass is 242 g/mol. The smallest absolute Gasteiger partial charge is 0.191 e. The number of terminal acetylenes is 1. The first kappa shape index (κ1) is 15.7. The van der Waals surface area contributed by atoms with Gasteiger partial charge >= 0.3 is 0 Å². The number of aliphatic hydroxyl groups excluding tert-OH is 1. The van der Waals surface area contributed by atoms with Crippen LogP contribution in [0.1, 0.15) is 34.1 Å². The summed E-state index contributed by atoms with van der Waals surface area (Å²) >= 11 is 0. The van der Waals surface area contributed by atoms with Gasteiger partial charge in [-0.15, -0.1) is 12.3 Å². The number of hydrogen-bond acceptors (Lipinski definition) is 2. The van der Waals surface area contributed by atoms with Gasteiger partial charge in [0.25, 0.3) is 0 Å². The van der Waals surface area contributed by atoms with Gasteiger partial charge in [-0.1, -0.05) is 20.8 Å². The van der Waals surface area contributed by atoms with Gasteiger partial charge in [0.15, 0.2) is 8.32 Å². The van der Waals surface area contributed by atoms with Crippen LogP contribution in [0.2, 0.25) is 18.1 Å². The van der Waals surface area contributed by atoms with Gasteiger partial charge in [0, 0.05) is 12.5 Å². The second-order valence-corrected chi connectivity index (χ2v) is 10.7. The van der Waals surface area contributed by atoms with Crippen LogP contribution in [0.15, 0.2) is 0 Å². The third kappa shape index (κ3) is 4.69. The van der Waals surface area contributed by atoms with Crippen molar-refractivity contribution >= 4 is 8.32 Å². The predicted molar refractivity (Wildman–Crippen MR) is 71.8 cm³/mol. The third-order valence-electron chi connectivity index (χ3n) is 3.52. The van der Waals surface area contributed by atoms with Gasteiger partial charge in [-0.3, -0.25) is 0 Å². The van der Waals surface area contributed by atoms with Crippen molar-refractivity contribution in [2.45, 2.75) is 58.4 Å². The Kier molecular flexibility index (Phi) is 5.75. The zero-order valence-electron chi connectivity index (χ0n) is 11.5. The highest BCUT2D eigenvalue weighted by molar-refractivity contribution is 6.74. The Morgan fingerprint density at radius 1 is 1.38 bits per heavy atom. The molecule has 0 fully saturated rings. The number of aliphatic hydroxyl groups is 1. The van der Waals surface area contributed by atoms with E-state index in [0.717, 1.165) is 0 Å². The van der Waals surface area contributed by atoms with Crippen LogP contribution in [0.4, 0.5) is 0 Å². The van der Waals surface area contributed by atoms with Gasteiger partial charge < -0.3 is 9.53 Å². The van der Waals surface area contributed by atoms with Crippen molar-refractivity contribution in [3.63, 3.8) is 0 Å². The van der Waals surface area contributed by atoms with E-state index >= 15 is 0 Å². The maximum atomic E-state index is 9.71. The van der Waals surface area contributed by atoms with Crippen LogP contribution in [0.25, 0.3) is 0 Å². The fraction of sp³-hybridized carbons (Fsp3) is 0.846. The molecule has 16 heavy (non-hydrogen) atoms. The molecule has 0 aliphatic rings. The molecule has 2 nitrogen and oxygen atoms in total. The summed E-state index contributed by atoms with van der Waals surface area (Å²) in [5, 5.41) is 9.93. The maximum absolute atomic E-state index is 9.71. The SMILES string of the molecule is C#C[C@@H](C)[C@@H](O)CCO[Si](C)(C)C(C)(C)C. The average molecular weight is 242 g/mol.